The Morgan fingerprint density at radius 1 is 1.30 bits per heavy atom. The Hall–Kier alpha value is -2.17. The van der Waals surface area contributed by atoms with Crippen LogP contribution in [0.15, 0.2) is 17.1 Å². The fourth-order valence-electron chi connectivity index (χ4n) is 2.43. The summed E-state index contributed by atoms with van der Waals surface area (Å²) in [4.78, 5) is 28.8. The van der Waals surface area contributed by atoms with Crippen molar-refractivity contribution in [3.63, 3.8) is 0 Å². The first kappa shape index (κ1) is 14.2. The summed E-state index contributed by atoms with van der Waals surface area (Å²) in [6.07, 6.45) is 1.71. The number of hydrogen-bond donors (Lipinski definition) is 0. The largest absolute Gasteiger partial charge is 0.465 e. The standard InChI is InChI=1S/C15H18N2O3/c1-8(2)17-7-6-11-12(14(17)18)9(3)16-10(4)13(11)15(19)20-5/h6-8H,1-5H3. The number of carbonyl (C=O) groups excluding carboxylic acids is 1. The summed E-state index contributed by atoms with van der Waals surface area (Å²) in [6.45, 7) is 7.39. The lowest BCUT2D eigenvalue weighted by molar-refractivity contribution is 0.0601. The van der Waals surface area contributed by atoms with Gasteiger partial charge in [0, 0.05) is 17.6 Å². The molecule has 2 aromatic heterocycles. The van der Waals surface area contributed by atoms with E-state index in [1.54, 1.807) is 30.7 Å². The van der Waals surface area contributed by atoms with Crippen molar-refractivity contribution in [2.75, 3.05) is 7.11 Å². The van der Waals surface area contributed by atoms with Crippen molar-refractivity contribution in [1.29, 1.82) is 0 Å². The molecular formula is C15H18N2O3. The van der Waals surface area contributed by atoms with Crippen molar-refractivity contribution in [2.24, 2.45) is 0 Å². The Bertz CT molecular complexity index is 745. The number of aromatic nitrogens is 2. The smallest absolute Gasteiger partial charge is 0.340 e. The topological polar surface area (TPSA) is 61.2 Å². The van der Waals surface area contributed by atoms with Gasteiger partial charge in [0.25, 0.3) is 5.56 Å². The normalized spacial score (nSPS) is 11.1. The van der Waals surface area contributed by atoms with Gasteiger partial charge in [0.1, 0.15) is 0 Å². The molecule has 0 aliphatic rings. The van der Waals surface area contributed by atoms with E-state index in [1.165, 1.54) is 7.11 Å². The van der Waals surface area contributed by atoms with E-state index >= 15 is 0 Å². The minimum absolute atomic E-state index is 0.0502. The molecule has 106 valence electrons. The van der Waals surface area contributed by atoms with Gasteiger partial charge in [-0.25, -0.2) is 4.79 Å². The lowest BCUT2D eigenvalue weighted by Gasteiger charge is -2.14. The van der Waals surface area contributed by atoms with E-state index in [0.29, 0.717) is 27.7 Å². The molecule has 5 heteroatoms. The second kappa shape index (κ2) is 5.07. The highest BCUT2D eigenvalue weighted by Crippen LogP contribution is 2.22. The van der Waals surface area contributed by atoms with Gasteiger partial charge in [0.2, 0.25) is 0 Å². The van der Waals surface area contributed by atoms with Gasteiger partial charge >= 0.3 is 5.97 Å². The van der Waals surface area contributed by atoms with Gasteiger partial charge in [-0.05, 0) is 33.8 Å². The van der Waals surface area contributed by atoms with Crippen molar-refractivity contribution < 1.29 is 9.53 Å². The van der Waals surface area contributed by atoms with Crippen molar-refractivity contribution in [3.8, 4) is 0 Å². The zero-order valence-corrected chi connectivity index (χ0v) is 12.4. The van der Waals surface area contributed by atoms with Crippen LogP contribution in [0.3, 0.4) is 0 Å². The molecule has 5 nitrogen and oxygen atoms in total. The third kappa shape index (κ3) is 2.09. The molecule has 0 saturated carbocycles. The van der Waals surface area contributed by atoms with Crippen molar-refractivity contribution in [3.05, 3.63) is 39.6 Å². The van der Waals surface area contributed by atoms with Crippen LogP contribution in [0.25, 0.3) is 10.8 Å². The molecule has 0 atom stereocenters. The molecule has 0 amide bonds. The fraction of sp³-hybridized carbons (Fsp3) is 0.400. The molecule has 2 aromatic rings. The van der Waals surface area contributed by atoms with Gasteiger partial charge < -0.3 is 9.30 Å². The first-order valence-corrected chi connectivity index (χ1v) is 6.48. The zero-order valence-electron chi connectivity index (χ0n) is 12.4. The van der Waals surface area contributed by atoms with Crippen LogP contribution in [0.2, 0.25) is 0 Å². The summed E-state index contributed by atoms with van der Waals surface area (Å²) in [5.74, 6) is -0.471. The predicted octanol–water partition coefficient (Wildman–Crippen LogP) is 2.38. The Kier molecular flexibility index (Phi) is 3.61. The zero-order chi connectivity index (χ0) is 15.0. The maximum Gasteiger partial charge on any atom is 0.340 e. The minimum atomic E-state index is -0.471. The van der Waals surface area contributed by atoms with Crippen LogP contribution in [-0.2, 0) is 4.74 Å². The Balaban J connectivity index is 2.96. The average Bonchev–Trinajstić information content (AvgIpc) is 2.37. The van der Waals surface area contributed by atoms with E-state index in [1.807, 2.05) is 13.8 Å². The molecule has 0 spiro atoms. The van der Waals surface area contributed by atoms with Gasteiger partial charge in [-0.1, -0.05) is 0 Å². The third-order valence-corrected chi connectivity index (χ3v) is 3.39. The molecule has 0 fully saturated rings. The van der Waals surface area contributed by atoms with E-state index in [0.717, 1.165) is 0 Å². The molecule has 2 rings (SSSR count). The van der Waals surface area contributed by atoms with Gasteiger partial charge in [0.05, 0.1) is 29.4 Å². The fourth-order valence-corrected chi connectivity index (χ4v) is 2.43. The summed E-state index contributed by atoms with van der Waals surface area (Å²) < 4.78 is 6.43. The molecule has 0 radical (unpaired) electrons. The summed E-state index contributed by atoms with van der Waals surface area (Å²) in [5.41, 5.74) is 1.43. The number of rotatable bonds is 2. The summed E-state index contributed by atoms with van der Waals surface area (Å²) in [5, 5.41) is 1.08. The maximum absolute atomic E-state index is 12.5. The van der Waals surface area contributed by atoms with Crippen LogP contribution >= 0.6 is 0 Å². The number of fused-ring (bicyclic) bond motifs is 1. The number of methoxy groups -OCH3 is 1. The molecule has 2 heterocycles. The second-order valence-corrected chi connectivity index (χ2v) is 5.06. The maximum atomic E-state index is 12.5. The van der Waals surface area contributed by atoms with Gasteiger partial charge in [-0.2, -0.15) is 0 Å². The van der Waals surface area contributed by atoms with Crippen LogP contribution in [-0.4, -0.2) is 22.6 Å². The number of nitrogens with zero attached hydrogens (tertiary/aromatic N) is 2. The average molecular weight is 274 g/mol. The minimum Gasteiger partial charge on any atom is -0.465 e. The van der Waals surface area contributed by atoms with Crippen molar-refractivity contribution in [2.45, 2.75) is 33.7 Å². The van der Waals surface area contributed by atoms with Crippen LogP contribution in [0.5, 0.6) is 0 Å². The number of esters is 1. The van der Waals surface area contributed by atoms with Gasteiger partial charge in [-0.15, -0.1) is 0 Å². The van der Waals surface area contributed by atoms with Crippen LogP contribution in [0, 0.1) is 13.8 Å². The van der Waals surface area contributed by atoms with Crippen LogP contribution < -0.4 is 5.56 Å². The van der Waals surface area contributed by atoms with E-state index < -0.39 is 5.97 Å². The van der Waals surface area contributed by atoms with Crippen LogP contribution in [0.4, 0.5) is 0 Å². The van der Waals surface area contributed by atoms with Crippen molar-refractivity contribution in [1.82, 2.24) is 9.55 Å². The predicted molar refractivity (Wildman–Crippen MR) is 77.2 cm³/mol. The molecule has 0 saturated heterocycles. The summed E-state index contributed by atoms with van der Waals surface area (Å²) in [7, 11) is 1.32. The van der Waals surface area contributed by atoms with E-state index in [2.05, 4.69) is 4.98 Å². The molecular weight excluding hydrogens is 256 g/mol. The van der Waals surface area contributed by atoms with Crippen LogP contribution in [0.1, 0.15) is 41.6 Å². The summed E-state index contributed by atoms with van der Waals surface area (Å²) >= 11 is 0. The SMILES string of the molecule is COC(=O)c1c(C)nc(C)c2c(=O)n(C(C)C)ccc12. The molecule has 20 heavy (non-hydrogen) atoms. The van der Waals surface area contributed by atoms with Crippen molar-refractivity contribution >= 4 is 16.7 Å². The molecule has 0 aliphatic heterocycles. The number of carbonyl (C=O) groups is 1. The second-order valence-electron chi connectivity index (χ2n) is 5.06. The molecule has 0 unspecified atom stereocenters. The first-order valence-electron chi connectivity index (χ1n) is 6.48. The third-order valence-electron chi connectivity index (χ3n) is 3.39. The Morgan fingerprint density at radius 3 is 2.50 bits per heavy atom. The molecule has 0 N–H and O–H groups in total. The monoisotopic (exact) mass is 274 g/mol. The Labute approximate surface area is 117 Å². The van der Waals surface area contributed by atoms with E-state index in [9.17, 15) is 9.59 Å². The van der Waals surface area contributed by atoms with Gasteiger partial charge in [0.15, 0.2) is 0 Å². The first-order chi connectivity index (χ1) is 9.38. The summed E-state index contributed by atoms with van der Waals surface area (Å²) in [6, 6.07) is 1.83. The van der Waals surface area contributed by atoms with E-state index in [-0.39, 0.29) is 11.6 Å². The highest BCUT2D eigenvalue weighted by Gasteiger charge is 2.19. The molecule has 0 aliphatic carbocycles. The quantitative estimate of drug-likeness (QED) is 0.789. The highest BCUT2D eigenvalue weighted by molar-refractivity contribution is 6.05. The van der Waals surface area contributed by atoms with Gasteiger partial charge in [-0.3, -0.25) is 9.78 Å². The number of ether oxygens (including phenoxy) is 1. The number of aryl methyl sites for hydroxylation is 2. The lowest BCUT2D eigenvalue weighted by atomic mass is 10.0. The lowest BCUT2D eigenvalue weighted by Crippen LogP contribution is -2.23. The Morgan fingerprint density at radius 2 is 1.95 bits per heavy atom. The van der Waals surface area contributed by atoms with E-state index in [4.69, 9.17) is 4.74 Å². The molecule has 0 bridgehead atoms. The molecule has 0 aromatic carbocycles. The number of pyridine rings is 2. The highest BCUT2D eigenvalue weighted by atomic mass is 16.5. The number of hydrogen-bond acceptors (Lipinski definition) is 4.